The molecule has 524 valence electrons. The summed E-state index contributed by atoms with van der Waals surface area (Å²) >= 11 is 0. The van der Waals surface area contributed by atoms with Crippen molar-refractivity contribution in [2.45, 2.75) is 318 Å². The number of unbranched alkanes of at least 4 members (excludes halogenated alkanes) is 27. The third kappa shape index (κ3) is 44.7. The van der Waals surface area contributed by atoms with Gasteiger partial charge in [-0.25, -0.2) is 14.4 Å². The number of amides is 4. The lowest BCUT2D eigenvalue weighted by molar-refractivity contribution is 0.0512. The molecular formula is C74H130N4O13. The SMILES string of the molecule is CCCCCCCCCCCCOc1cc(CNC(=O)c2cc(OCCCNC(=O)OC(C)(C)C)c(OCCCNC(=O)OC(C)(C)C)c(OCCCNC(=O)OC(C)(C)C)c2)cc(OCCCCCCCCCCCC)c1OCCCCCCCCCCCC. The minimum Gasteiger partial charge on any atom is -0.490 e. The van der Waals surface area contributed by atoms with Crippen molar-refractivity contribution in [2.24, 2.45) is 0 Å². The van der Waals surface area contributed by atoms with Gasteiger partial charge in [0, 0.05) is 31.7 Å². The first-order chi connectivity index (χ1) is 43.6. The zero-order valence-electron chi connectivity index (χ0n) is 59.5. The van der Waals surface area contributed by atoms with Crippen LogP contribution in [0.15, 0.2) is 24.3 Å². The van der Waals surface area contributed by atoms with Crippen LogP contribution in [0, 0.1) is 0 Å². The summed E-state index contributed by atoms with van der Waals surface area (Å²) in [6.45, 7) is 25.9. The van der Waals surface area contributed by atoms with Crippen molar-refractivity contribution in [3.05, 3.63) is 35.4 Å². The number of ether oxygens (including phenoxy) is 9. The molecule has 0 saturated heterocycles. The molecule has 2 aromatic carbocycles. The Hall–Kier alpha value is -5.48. The molecule has 2 aromatic rings. The van der Waals surface area contributed by atoms with Gasteiger partial charge in [-0.3, -0.25) is 4.79 Å². The fraction of sp³-hybridized carbons (Fsp3) is 0.784. The topological polar surface area (TPSA) is 199 Å². The molecule has 0 aromatic heterocycles. The zero-order valence-corrected chi connectivity index (χ0v) is 59.5. The average molecular weight is 1280 g/mol. The highest BCUT2D eigenvalue weighted by Gasteiger charge is 2.23. The number of hydrogen-bond donors (Lipinski definition) is 4. The molecule has 0 aliphatic carbocycles. The lowest BCUT2D eigenvalue weighted by Crippen LogP contribution is -2.33. The van der Waals surface area contributed by atoms with E-state index in [0.29, 0.717) is 56.3 Å². The van der Waals surface area contributed by atoms with E-state index in [9.17, 15) is 19.2 Å². The monoisotopic (exact) mass is 1280 g/mol. The van der Waals surface area contributed by atoms with Crippen LogP contribution in [0.1, 0.15) is 311 Å². The summed E-state index contributed by atoms with van der Waals surface area (Å²) in [6.07, 6.45) is 36.3. The van der Waals surface area contributed by atoms with Crippen LogP contribution in [0.4, 0.5) is 14.4 Å². The highest BCUT2D eigenvalue weighted by atomic mass is 16.6. The quantitative estimate of drug-likeness (QED) is 0.0361. The molecule has 0 spiro atoms. The second kappa shape index (κ2) is 50.1. The molecule has 17 heteroatoms. The Kier molecular flexibility index (Phi) is 44.9. The van der Waals surface area contributed by atoms with Crippen molar-refractivity contribution in [1.82, 2.24) is 21.3 Å². The summed E-state index contributed by atoms with van der Waals surface area (Å²) in [5, 5.41) is 11.5. The summed E-state index contributed by atoms with van der Waals surface area (Å²) in [4.78, 5) is 52.1. The number of benzene rings is 2. The highest BCUT2D eigenvalue weighted by molar-refractivity contribution is 5.95. The van der Waals surface area contributed by atoms with E-state index in [2.05, 4.69) is 42.0 Å². The molecule has 0 unspecified atom stereocenters. The summed E-state index contributed by atoms with van der Waals surface area (Å²) in [5.74, 6) is 2.17. The van der Waals surface area contributed by atoms with Crippen LogP contribution in [0.25, 0.3) is 0 Å². The van der Waals surface area contributed by atoms with Crippen LogP contribution in [-0.2, 0) is 20.8 Å². The summed E-state index contributed by atoms with van der Waals surface area (Å²) in [5.41, 5.74) is -0.942. The molecule has 17 nitrogen and oxygen atoms in total. The number of carbonyl (C=O) groups excluding carboxylic acids is 4. The Balaban J connectivity index is 2.54. The van der Waals surface area contributed by atoms with E-state index in [1.807, 2.05) is 12.1 Å². The van der Waals surface area contributed by atoms with E-state index in [4.69, 9.17) is 42.6 Å². The molecule has 91 heavy (non-hydrogen) atoms. The first-order valence-corrected chi connectivity index (χ1v) is 35.9. The van der Waals surface area contributed by atoms with E-state index in [0.717, 1.165) is 44.1 Å². The number of carbonyl (C=O) groups is 4. The van der Waals surface area contributed by atoms with Crippen molar-refractivity contribution in [3.63, 3.8) is 0 Å². The maximum atomic E-state index is 14.6. The predicted octanol–water partition coefficient (Wildman–Crippen LogP) is 19.4. The van der Waals surface area contributed by atoms with Crippen LogP contribution < -0.4 is 49.7 Å². The van der Waals surface area contributed by atoms with Gasteiger partial charge < -0.3 is 63.9 Å². The largest absolute Gasteiger partial charge is 0.490 e. The second-order valence-corrected chi connectivity index (χ2v) is 27.4. The molecule has 0 aliphatic heterocycles. The van der Waals surface area contributed by atoms with E-state index in [-0.39, 0.29) is 68.8 Å². The fourth-order valence-corrected chi connectivity index (χ4v) is 10.0. The molecule has 4 N–H and O–H groups in total. The van der Waals surface area contributed by atoms with Crippen molar-refractivity contribution in [1.29, 1.82) is 0 Å². The van der Waals surface area contributed by atoms with E-state index in [1.54, 1.807) is 74.4 Å². The van der Waals surface area contributed by atoms with E-state index in [1.165, 1.54) is 154 Å². The summed E-state index contributed by atoms with van der Waals surface area (Å²) in [7, 11) is 0. The Morgan fingerprint density at radius 1 is 0.308 bits per heavy atom. The Morgan fingerprint density at radius 2 is 0.549 bits per heavy atom. The number of nitrogens with one attached hydrogen (secondary N) is 4. The van der Waals surface area contributed by atoms with Gasteiger partial charge in [-0.1, -0.05) is 194 Å². The summed E-state index contributed by atoms with van der Waals surface area (Å²) in [6, 6.07) is 7.20. The van der Waals surface area contributed by atoms with Gasteiger partial charge in [-0.05, 0) is 131 Å². The molecule has 2 rings (SSSR count). The molecule has 0 bridgehead atoms. The molecule has 0 aliphatic rings. The van der Waals surface area contributed by atoms with E-state index >= 15 is 0 Å². The van der Waals surface area contributed by atoms with Crippen LogP contribution >= 0.6 is 0 Å². The van der Waals surface area contributed by atoms with Gasteiger partial charge >= 0.3 is 18.3 Å². The second-order valence-electron chi connectivity index (χ2n) is 27.4. The smallest absolute Gasteiger partial charge is 0.407 e. The highest BCUT2D eigenvalue weighted by Crippen LogP contribution is 2.41. The van der Waals surface area contributed by atoms with Gasteiger partial charge in [0.1, 0.15) is 16.8 Å². The number of hydrogen-bond acceptors (Lipinski definition) is 13. The number of alkyl carbamates (subject to hydrolysis) is 3. The van der Waals surface area contributed by atoms with Gasteiger partial charge in [0.2, 0.25) is 11.5 Å². The van der Waals surface area contributed by atoms with Crippen LogP contribution in [0.2, 0.25) is 0 Å². The Morgan fingerprint density at radius 3 is 0.835 bits per heavy atom. The minimum absolute atomic E-state index is 0.133. The predicted molar refractivity (Wildman–Crippen MR) is 369 cm³/mol. The lowest BCUT2D eigenvalue weighted by Gasteiger charge is -2.21. The normalized spacial score (nSPS) is 11.6. The molecular weight excluding hydrogens is 1150 g/mol. The van der Waals surface area contributed by atoms with Gasteiger partial charge in [0.25, 0.3) is 5.91 Å². The maximum Gasteiger partial charge on any atom is 0.407 e. The van der Waals surface area contributed by atoms with Gasteiger partial charge in [0.05, 0.1) is 39.6 Å². The van der Waals surface area contributed by atoms with Crippen molar-refractivity contribution in [2.75, 3.05) is 59.3 Å². The molecule has 0 fully saturated rings. The van der Waals surface area contributed by atoms with Crippen molar-refractivity contribution < 1.29 is 61.8 Å². The van der Waals surface area contributed by atoms with Gasteiger partial charge in [-0.15, -0.1) is 0 Å². The maximum absolute atomic E-state index is 14.6. The first-order valence-electron chi connectivity index (χ1n) is 35.9. The molecule has 0 radical (unpaired) electrons. The summed E-state index contributed by atoms with van der Waals surface area (Å²) < 4.78 is 55.5. The van der Waals surface area contributed by atoms with E-state index < -0.39 is 41.0 Å². The van der Waals surface area contributed by atoms with Crippen molar-refractivity contribution in [3.8, 4) is 34.5 Å². The van der Waals surface area contributed by atoms with Crippen LogP contribution in [0.3, 0.4) is 0 Å². The van der Waals surface area contributed by atoms with Gasteiger partial charge in [-0.2, -0.15) is 0 Å². The van der Waals surface area contributed by atoms with Crippen LogP contribution in [0.5, 0.6) is 34.5 Å². The Labute approximate surface area is 552 Å². The van der Waals surface area contributed by atoms with Gasteiger partial charge in [0.15, 0.2) is 23.0 Å². The Bertz CT molecular complexity index is 2120. The third-order valence-corrected chi connectivity index (χ3v) is 14.8. The third-order valence-electron chi connectivity index (χ3n) is 14.8. The molecule has 0 atom stereocenters. The average Bonchev–Trinajstić information content (AvgIpc) is 0.961. The number of rotatable bonds is 54. The zero-order chi connectivity index (χ0) is 66.9. The minimum atomic E-state index is -0.660. The molecule has 4 amide bonds. The van der Waals surface area contributed by atoms with Crippen molar-refractivity contribution >= 4 is 24.2 Å². The first kappa shape index (κ1) is 81.6. The molecule has 0 heterocycles. The lowest BCUT2D eigenvalue weighted by atomic mass is 10.1. The standard InChI is InChI=1S/C74H130N4O13/c1-13-16-19-22-25-28-31-34-37-40-49-83-62-55-60(56-63(84-50-41-38-35-32-29-26-23-20-17-14-2)66(62)87-51-42-39-36-33-30-27-24-21-18-15-3)59-78-68(79)61-57-64(85-52-43-46-75-69(80)89-72(4,5)6)67(88-54-45-48-77-71(82)91-74(10,11)12)65(58-61)86-53-44-47-76-70(81)90-73(7,8)9/h55-58H,13-54,59H2,1-12H3,(H,75,80)(H,76,81)(H,77,82)(H,78,79). The van der Waals surface area contributed by atoms with Crippen LogP contribution in [-0.4, -0.2) is 100 Å². The fourth-order valence-electron chi connectivity index (χ4n) is 10.0. The molecule has 0 saturated carbocycles.